The zero-order valence-electron chi connectivity index (χ0n) is 10.7. The summed E-state index contributed by atoms with van der Waals surface area (Å²) in [5, 5.41) is 9.81. The Morgan fingerprint density at radius 2 is 1.22 bits per heavy atom. The predicted molar refractivity (Wildman–Crippen MR) is 79.4 cm³/mol. The molecule has 0 bridgehead atoms. The van der Waals surface area contributed by atoms with Crippen LogP contribution in [-0.2, 0) is 0 Å². The largest absolute Gasteiger partial charge is 0.384 e. The summed E-state index contributed by atoms with van der Waals surface area (Å²) in [6, 6.07) is 13.0. The van der Waals surface area contributed by atoms with E-state index in [0.29, 0.717) is 0 Å². The molecule has 2 aromatic rings. The van der Waals surface area contributed by atoms with Crippen LogP contribution in [0.25, 0.3) is 10.8 Å². The van der Waals surface area contributed by atoms with E-state index in [1.807, 2.05) is 0 Å². The number of rotatable bonds is 0. The fraction of sp³-hybridized carbons (Fsp3) is 0.375. The van der Waals surface area contributed by atoms with Crippen LogP contribution in [0, 0.1) is 0 Å². The van der Waals surface area contributed by atoms with Crippen molar-refractivity contribution in [2.45, 2.75) is 25.7 Å². The van der Waals surface area contributed by atoms with Crippen LogP contribution < -0.4 is 10.6 Å². The molecule has 0 atom stereocenters. The second-order valence-electron chi connectivity index (χ2n) is 4.98. The molecule has 0 aliphatic carbocycles. The number of hydrogen-bond donors (Lipinski definition) is 2. The summed E-state index contributed by atoms with van der Waals surface area (Å²) in [6.07, 6.45) is 5.17. The zero-order chi connectivity index (χ0) is 12.2. The standard InChI is InChI=1S/C16H20N2/c1-2-4-12-18-15-10-6-8-13-7-5-9-14(16(13)15)17-11-3-1/h5-10,17-18H,1-4,11-12H2. The maximum atomic E-state index is 3.58. The minimum atomic E-state index is 1.08. The second kappa shape index (κ2) is 5.30. The Labute approximate surface area is 108 Å². The number of hydrogen-bond acceptors (Lipinski definition) is 2. The molecule has 0 aromatic heterocycles. The first-order valence-corrected chi connectivity index (χ1v) is 6.95. The summed E-state index contributed by atoms with van der Waals surface area (Å²) >= 11 is 0. The quantitative estimate of drug-likeness (QED) is 0.719. The van der Waals surface area contributed by atoms with Crippen LogP contribution in [0.5, 0.6) is 0 Å². The Morgan fingerprint density at radius 3 is 1.78 bits per heavy atom. The van der Waals surface area contributed by atoms with Crippen molar-refractivity contribution in [3.05, 3.63) is 36.4 Å². The third-order valence-corrected chi connectivity index (χ3v) is 3.64. The molecule has 0 saturated carbocycles. The van der Waals surface area contributed by atoms with Gasteiger partial charge < -0.3 is 10.6 Å². The highest BCUT2D eigenvalue weighted by molar-refractivity contribution is 6.03. The molecule has 18 heavy (non-hydrogen) atoms. The molecule has 0 fully saturated rings. The lowest BCUT2D eigenvalue weighted by Crippen LogP contribution is -2.03. The molecule has 2 nitrogen and oxygen atoms in total. The van der Waals surface area contributed by atoms with Crippen molar-refractivity contribution in [2.24, 2.45) is 0 Å². The topological polar surface area (TPSA) is 24.1 Å². The van der Waals surface area contributed by atoms with Gasteiger partial charge in [-0.3, -0.25) is 0 Å². The monoisotopic (exact) mass is 240 g/mol. The first kappa shape index (κ1) is 11.4. The van der Waals surface area contributed by atoms with Crippen molar-refractivity contribution in [3.8, 4) is 0 Å². The summed E-state index contributed by atoms with van der Waals surface area (Å²) in [6.45, 7) is 2.15. The average Bonchev–Trinajstić information content (AvgIpc) is 2.45. The van der Waals surface area contributed by atoms with Gasteiger partial charge in [0.25, 0.3) is 0 Å². The van der Waals surface area contributed by atoms with Gasteiger partial charge in [-0.25, -0.2) is 0 Å². The normalized spacial score (nSPS) is 16.4. The first-order chi connectivity index (χ1) is 8.95. The Morgan fingerprint density at radius 1 is 0.667 bits per heavy atom. The van der Waals surface area contributed by atoms with Crippen molar-refractivity contribution >= 4 is 22.1 Å². The number of nitrogens with one attached hydrogen (secondary N) is 2. The summed E-state index contributed by atoms with van der Waals surface area (Å²) in [5.74, 6) is 0. The fourth-order valence-electron chi connectivity index (χ4n) is 2.69. The maximum Gasteiger partial charge on any atom is 0.0440 e. The smallest absolute Gasteiger partial charge is 0.0440 e. The fourth-order valence-corrected chi connectivity index (χ4v) is 2.69. The minimum Gasteiger partial charge on any atom is -0.384 e. The van der Waals surface area contributed by atoms with Crippen molar-refractivity contribution in [1.82, 2.24) is 0 Å². The van der Waals surface area contributed by atoms with Gasteiger partial charge in [-0.15, -0.1) is 0 Å². The van der Waals surface area contributed by atoms with E-state index in [0.717, 1.165) is 13.1 Å². The molecule has 2 aromatic carbocycles. The third-order valence-electron chi connectivity index (χ3n) is 3.64. The van der Waals surface area contributed by atoms with Crippen LogP contribution in [0.4, 0.5) is 11.4 Å². The number of anilines is 2. The highest BCUT2D eigenvalue weighted by Crippen LogP contribution is 2.31. The highest BCUT2D eigenvalue weighted by atomic mass is 14.9. The summed E-state index contributed by atoms with van der Waals surface area (Å²) in [4.78, 5) is 0. The van der Waals surface area contributed by atoms with Gasteiger partial charge >= 0.3 is 0 Å². The summed E-state index contributed by atoms with van der Waals surface area (Å²) in [7, 11) is 0. The highest BCUT2D eigenvalue weighted by Gasteiger charge is 2.06. The Hall–Kier alpha value is -1.70. The predicted octanol–water partition coefficient (Wildman–Crippen LogP) is 4.24. The van der Waals surface area contributed by atoms with Gasteiger partial charge in [-0.1, -0.05) is 37.1 Å². The van der Waals surface area contributed by atoms with E-state index in [1.54, 1.807) is 0 Å². The van der Waals surface area contributed by atoms with Gasteiger partial charge in [-0.05, 0) is 30.4 Å². The summed E-state index contributed by atoms with van der Waals surface area (Å²) < 4.78 is 0. The van der Waals surface area contributed by atoms with Crippen molar-refractivity contribution < 1.29 is 0 Å². The van der Waals surface area contributed by atoms with Gasteiger partial charge in [0.2, 0.25) is 0 Å². The molecule has 1 heterocycles. The molecule has 94 valence electrons. The third kappa shape index (κ3) is 2.28. The molecular formula is C16H20N2. The average molecular weight is 240 g/mol. The Kier molecular flexibility index (Phi) is 3.35. The molecule has 3 rings (SSSR count). The van der Waals surface area contributed by atoms with E-state index in [-0.39, 0.29) is 0 Å². The van der Waals surface area contributed by atoms with E-state index < -0.39 is 0 Å². The van der Waals surface area contributed by atoms with Crippen LogP contribution in [0.1, 0.15) is 25.7 Å². The van der Waals surface area contributed by atoms with Crippen LogP contribution in [-0.4, -0.2) is 13.1 Å². The van der Waals surface area contributed by atoms with Crippen LogP contribution >= 0.6 is 0 Å². The van der Waals surface area contributed by atoms with Crippen LogP contribution in [0.15, 0.2) is 36.4 Å². The molecule has 0 spiro atoms. The van der Waals surface area contributed by atoms with Crippen molar-refractivity contribution in [2.75, 3.05) is 23.7 Å². The minimum absolute atomic E-state index is 1.08. The van der Waals surface area contributed by atoms with Gasteiger partial charge in [0, 0.05) is 29.9 Å². The van der Waals surface area contributed by atoms with Gasteiger partial charge in [0.05, 0.1) is 0 Å². The lowest BCUT2D eigenvalue weighted by molar-refractivity contribution is 0.671. The molecule has 0 radical (unpaired) electrons. The van der Waals surface area contributed by atoms with Crippen LogP contribution in [0.2, 0.25) is 0 Å². The summed E-state index contributed by atoms with van der Waals surface area (Å²) in [5.41, 5.74) is 2.52. The van der Waals surface area contributed by atoms with Gasteiger partial charge in [0.15, 0.2) is 0 Å². The number of benzene rings is 2. The lowest BCUT2D eigenvalue weighted by atomic mass is 10.1. The molecule has 0 saturated heterocycles. The molecule has 2 N–H and O–H groups in total. The maximum absolute atomic E-state index is 3.58. The molecule has 0 amide bonds. The van der Waals surface area contributed by atoms with Crippen molar-refractivity contribution in [1.29, 1.82) is 0 Å². The lowest BCUT2D eigenvalue weighted by Gasteiger charge is -2.13. The molecule has 1 aliphatic heterocycles. The second-order valence-corrected chi connectivity index (χ2v) is 4.98. The van der Waals surface area contributed by atoms with Gasteiger partial charge in [-0.2, -0.15) is 0 Å². The SMILES string of the molecule is c1cc2c3c(cccc3c1)NCCCCCCN2. The van der Waals surface area contributed by atoms with E-state index in [2.05, 4.69) is 47.0 Å². The van der Waals surface area contributed by atoms with Crippen molar-refractivity contribution in [3.63, 3.8) is 0 Å². The molecule has 1 aliphatic rings. The Balaban J connectivity index is 2.07. The van der Waals surface area contributed by atoms with E-state index in [9.17, 15) is 0 Å². The molecule has 0 unspecified atom stereocenters. The van der Waals surface area contributed by atoms with E-state index in [4.69, 9.17) is 0 Å². The van der Waals surface area contributed by atoms with Crippen LogP contribution in [0.3, 0.4) is 0 Å². The van der Waals surface area contributed by atoms with E-state index in [1.165, 1.54) is 47.8 Å². The first-order valence-electron chi connectivity index (χ1n) is 6.95. The van der Waals surface area contributed by atoms with E-state index >= 15 is 0 Å². The van der Waals surface area contributed by atoms with Gasteiger partial charge in [0.1, 0.15) is 0 Å². The molecular weight excluding hydrogens is 220 g/mol. The Bertz CT molecular complexity index is 489. The zero-order valence-corrected chi connectivity index (χ0v) is 10.7. The molecule has 2 heteroatoms.